The lowest BCUT2D eigenvalue weighted by atomic mass is 10.0. The van der Waals surface area contributed by atoms with Gasteiger partial charge in [0.2, 0.25) is 0 Å². The van der Waals surface area contributed by atoms with E-state index in [1.54, 1.807) is 0 Å². The van der Waals surface area contributed by atoms with Crippen LogP contribution in [-0.2, 0) is 0 Å². The molecule has 0 fully saturated rings. The summed E-state index contributed by atoms with van der Waals surface area (Å²) in [5, 5.41) is 9.61. The zero-order valence-corrected chi connectivity index (χ0v) is 31.4. The third-order valence-electron chi connectivity index (χ3n) is 11.7. The van der Waals surface area contributed by atoms with Crippen LogP contribution in [0.5, 0.6) is 0 Å². The highest BCUT2D eigenvalue weighted by molar-refractivity contribution is 6.19. The first kappa shape index (κ1) is 32.4. The van der Waals surface area contributed by atoms with Crippen molar-refractivity contribution in [2.75, 3.05) is 0 Å². The van der Waals surface area contributed by atoms with Gasteiger partial charge in [-0.3, -0.25) is 0 Å². The van der Waals surface area contributed by atoms with Crippen LogP contribution in [0.25, 0.3) is 110 Å². The highest BCUT2D eigenvalue weighted by Gasteiger charge is 2.22. The van der Waals surface area contributed by atoms with Gasteiger partial charge < -0.3 is 9.13 Å². The number of benzene rings is 9. The van der Waals surface area contributed by atoms with E-state index < -0.39 is 0 Å². The Morgan fingerprint density at radius 1 is 0.293 bits per heavy atom. The van der Waals surface area contributed by atoms with E-state index in [4.69, 9.17) is 9.97 Å². The largest absolute Gasteiger partial charge is 0.309 e. The quantitative estimate of drug-likeness (QED) is 0.176. The molecule has 0 bridgehead atoms. The molecule has 0 saturated carbocycles. The summed E-state index contributed by atoms with van der Waals surface area (Å²) in [5.74, 6) is 0.680. The summed E-state index contributed by atoms with van der Waals surface area (Å²) < 4.78 is 4.86. The van der Waals surface area contributed by atoms with Crippen molar-refractivity contribution in [2.45, 2.75) is 0 Å². The molecule has 0 atom stereocenters. The van der Waals surface area contributed by atoms with Gasteiger partial charge in [0.05, 0.1) is 44.8 Å². The molecule has 58 heavy (non-hydrogen) atoms. The fourth-order valence-electron chi connectivity index (χ4n) is 9.12. The second kappa shape index (κ2) is 12.9. The van der Waals surface area contributed by atoms with Gasteiger partial charge in [-0.1, -0.05) is 158 Å². The minimum atomic E-state index is 0.680. The topological polar surface area (TPSA) is 35.6 Å². The minimum Gasteiger partial charge on any atom is -0.309 e. The van der Waals surface area contributed by atoms with Gasteiger partial charge in [0, 0.05) is 43.6 Å². The van der Waals surface area contributed by atoms with Crippen LogP contribution in [-0.4, -0.2) is 19.1 Å². The number of para-hydroxylation sites is 3. The second-order valence-electron chi connectivity index (χ2n) is 15.0. The van der Waals surface area contributed by atoms with Crippen molar-refractivity contribution in [3.8, 4) is 45.3 Å². The Kier molecular flexibility index (Phi) is 7.20. The number of fused-ring (bicyclic) bond motifs is 8. The van der Waals surface area contributed by atoms with Crippen molar-refractivity contribution >= 4 is 65.2 Å². The smallest absolute Gasteiger partial charge is 0.162 e. The van der Waals surface area contributed by atoms with Gasteiger partial charge in [0.15, 0.2) is 5.82 Å². The Labute approximate surface area is 334 Å². The van der Waals surface area contributed by atoms with Crippen LogP contribution < -0.4 is 0 Å². The van der Waals surface area contributed by atoms with Gasteiger partial charge >= 0.3 is 0 Å². The molecule has 4 nitrogen and oxygen atoms in total. The van der Waals surface area contributed by atoms with Crippen LogP contribution in [0.4, 0.5) is 0 Å². The van der Waals surface area contributed by atoms with Crippen molar-refractivity contribution in [1.29, 1.82) is 0 Å². The van der Waals surface area contributed by atoms with Gasteiger partial charge in [0.1, 0.15) is 0 Å². The highest BCUT2D eigenvalue weighted by Crippen LogP contribution is 2.42. The third kappa shape index (κ3) is 4.95. The summed E-state index contributed by atoms with van der Waals surface area (Å²) in [7, 11) is 0. The first-order valence-electron chi connectivity index (χ1n) is 19.8. The molecule has 0 aliphatic carbocycles. The molecule has 0 unspecified atom stereocenters. The molecule has 3 heterocycles. The Balaban J connectivity index is 1.14. The van der Waals surface area contributed by atoms with Crippen molar-refractivity contribution in [1.82, 2.24) is 19.1 Å². The van der Waals surface area contributed by atoms with Crippen LogP contribution in [0, 0.1) is 0 Å². The van der Waals surface area contributed by atoms with Gasteiger partial charge in [-0.2, -0.15) is 0 Å². The highest BCUT2D eigenvalue weighted by atomic mass is 15.0. The van der Waals surface area contributed by atoms with Gasteiger partial charge in [0.25, 0.3) is 0 Å². The van der Waals surface area contributed by atoms with Crippen molar-refractivity contribution in [2.24, 2.45) is 0 Å². The molecule has 4 heteroatoms. The predicted molar refractivity (Wildman–Crippen MR) is 242 cm³/mol. The molecule has 9 aromatic carbocycles. The first-order valence-corrected chi connectivity index (χ1v) is 19.8. The normalized spacial score (nSPS) is 11.8. The molecule has 12 rings (SSSR count). The van der Waals surface area contributed by atoms with E-state index in [0.717, 1.165) is 50.2 Å². The third-order valence-corrected chi connectivity index (χ3v) is 11.7. The summed E-state index contributed by atoms with van der Waals surface area (Å²) in [6.07, 6.45) is 0. The number of hydrogen-bond acceptors (Lipinski definition) is 2. The number of rotatable bonds is 5. The fourth-order valence-corrected chi connectivity index (χ4v) is 9.12. The van der Waals surface area contributed by atoms with Crippen LogP contribution in [0.15, 0.2) is 206 Å². The second-order valence-corrected chi connectivity index (χ2v) is 15.0. The van der Waals surface area contributed by atoms with Crippen molar-refractivity contribution < 1.29 is 0 Å². The van der Waals surface area contributed by atoms with Crippen LogP contribution in [0.2, 0.25) is 0 Å². The molecule has 12 aromatic rings. The summed E-state index contributed by atoms with van der Waals surface area (Å²) in [6.45, 7) is 0. The molecule has 0 spiro atoms. The van der Waals surface area contributed by atoms with Crippen LogP contribution >= 0.6 is 0 Å². The minimum absolute atomic E-state index is 0.680. The van der Waals surface area contributed by atoms with Gasteiger partial charge in [-0.25, -0.2) is 9.97 Å². The fraction of sp³-hybridized carbons (Fsp3) is 0. The van der Waals surface area contributed by atoms with Crippen molar-refractivity contribution in [3.63, 3.8) is 0 Å². The summed E-state index contributed by atoms with van der Waals surface area (Å²) >= 11 is 0. The summed E-state index contributed by atoms with van der Waals surface area (Å²) in [5.41, 5.74) is 11.7. The maximum Gasteiger partial charge on any atom is 0.162 e. The molecule has 0 amide bonds. The number of nitrogens with zero attached hydrogens (tertiary/aromatic N) is 4. The van der Waals surface area contributed by atoms with E-state index >= 15 is 0 Å². The standard InChI is InChI=1S/C54H34N4/c1-2-18-37(19-3-1)46-34-47(40-27-14-20-35-16-4-6-22-38(35)40)56-54(55-46)43-26-10-13-30-51(43)58-50-29-12-9-25-42(50)45-32-52-44(33-53(45)58)41-24-8-11-28-49(41)57(52)48-31-15-21-36-17-5-7-23-39(36)48/h1-34H. The molecule has 0 radical (unpaired) electrons. The zero-order valence-electron chi connectivity index (χ0n) is 31.4. The maximum atomic E-state index is 5.41. The Bertz CT molecular complexity index is 3560. The zero-order chi connectivity index (χ0) is 38.2. The average Bonchev–Trinajstić information content (AvgIpc) is 3.79. The molecular formula is C54H34N4. The summed E-state index contributed by atoms with van der Waals surface area (Å²) in [4.78, 5) is 10.7. The van der Waals surface area contributed by atoms with E-state index in [-0.39, 0.29) is 0 Å². The van der Waals surface area contributed by atoms with E-state index in [2.05, 4.69) is 209 Å². The monoisotopic (exact) mass is 738 g/mol. The number of hydrogen-bond donors (Lipinski definition) is 0. The lowest BCUT2D eigenvalue weighted by molar-refractivity contribution is 1.14. The van der Waals surface area contributed by atoms with Gasteiger partial charge in [-0.15, -0.1) is 0 Å². The van der Waals surface area contributed by atoms with E-state index in [0.29, 0.717) is 5.82 Å². The Morgan fingerprint density at radius 3 is 1.50 bits per heavy atom. The Hall–Kier alpha value is -7.82. The molecule has 3 aromatic heterocycles. The SMILES string of the molecule is c1ccc(-c2cc(-c3cccc4ccccc34)nc(-c3ccccc3-n3c4ccccc4c4cc5c(cc43)c3ccccc3n5-c3cccc4ccccc34)n2)cc1. The average molecular weight is 739 g/mol. The van der Waals surface area contributed by atoms with E-state index in [9.17, 15) is 0 Å². The summed E-state index contributed by atoms with van der Waals surface area (Å²) in [6, 6.07) is 73.7. The number of aromatic nitrogens is 4. The van der Waals surface area contributed by atoms with E-state index in [1.807, 2.05) is 6.07 Å². The van der Waals surface area contributed by atoms with Crippen LogP contribution in [0.3, 0.4) is 0 Å². The first-order chi connectivity index (χ1) is 28.8. The molecule has 270 valence electrons. The van der Waals surface area contributed by atoms with Gasteiger partial charge in [-0.05, 0) is 64.7 Å². The van der Waals surface area contributed by atoms with Crippen LogP contribution in [0.1, 0.15) is 0 Å². The Morgan fingerprint density at radius 2 is 0.776 bits per heavy atom. The molecule has 0 aliphatic rings. The predicted octanol–water partition coefficient (Wildman–Crippen LogP) is 14.0. The molecule has 0 saturated heterocycles. The maximum absolute atomic E-state index is 5.41. The lowest BCUT2D eigenvalue weighted by Gasteiger charge is -2.15. The van der Waals surface area contributed by atoms with E-state index in [1.165, 1.54) is 54.4 Å². The molecule has 0 N–H and O–H groups in total. The molecule has 0 aliphatic heterocycles. The van der Waals surface area contributed by atoms with Crippen molar-refractivity contribution in [3.05, 3.63) is 206 Å². The molecular weight excluding hydrogens is 705 g/mol. The lowest BCUT2D eigenvalue weighted by Crippen LogP contribution is -2.01.